The highest BCUT2D eigenvalue weighted by Crippen LogP contribution is 2.53. The molecule has 3 nitrogen and oxygen atoms in total. The Hall–Kier alpha value is -3.43. The molecule has 0 aliphatic carbocycles. The SMILES string of the molecule is CCOC(=O)[C@@H]1[C@H](c2cccc3ccccc23)N1C(c1ccccc1)c1ccccc1. The lowest BCUT2D eigenvalue weighted by Gasteiger charge is -2.21. The van der Waals surface area contributed by atoms with Crippen molar-refractivity contribution in [1.82, 2.24) is 4.90 Å². The molecule has 1 fully saturated rings. The minimum absolute atomic E-state index is 0.0271. The summed E-state index contributed by atoms with van der Waals surface area (Å²) in [6.45, 7) is 2.25. The van der Waals surface area contributed by atoms with Crippen LogP contribution in [-0.4, -0.2) is 23.5 Å². The van der Waals surface area contributed by atoms with Crippen LogP contribution in [-0.2, 0) is 9.53 Å². The summed E-state index contributed by atoms with van der Waals surface area (Å²) in [7, 11) is 0. The quantitative estimate of drug-likeness (QED) is 0.294. The van der Waals surface area contributed by atoms with Crippen LogP contribution in [0.5, 0.6) is 0 Å². The van der Waals surface area contributed by atoms with E-state index in [0.717, 1.165) is 0 Å². The Morgan fingerprint density at radius 2 is 1.39 bits per heavy atom. The van der Waals surface area contributed by atoms with Gasteiger partial charge < -0.3 is 4.74 Å². The van der Waals surface area contributed by atoms with Gasteiger partial charge in [0.05, 0.1) is 18.7 Å². The van der Waals surface area contributed by atoms with Gasteiger partial charge in [0.1, 0.15) is 6.04 Å². The van der Waals surface area contributed by atoms with E-state index in [1.807, 2.05) is 19.1 Å². The third-order valence-electron chi connectivity index (χ3n) is 6.05. The molecule has 1 saturated heterocycles. The van der Waals surface area contributed by atoms with E-state index in [2.05, 4.69) is 95.9 Å². The normalized spacial score (nSPS) is 20.0. The van der Waals surface area contributed by atoms with Gasteiger partial charge in [-0.15, -0.1) is 0 Å². The van der Waals surface area contributed by atoms with Crippen molar-refractivity contribution < 1.29 is 9.53 Å². The van der Waals surface area contributed by atoms with Crippen LogP contribution >= 0.6 is 0 Å². The summed E-state index contributed by atoms with van der Waals surface area (Å²) in [4.78, 5) is 15.3. The van der Waals surface area contributed by atoms with Crippen LogP contribution in [0.4, 0.5) is 0 Å². The summed E-state index contributed by atoms with van der Waals surface area (Å²) in [5, 5.41) is 2.37. The molecule has 0 spiro atoms. The summed E-state index contributed by atoms with van der Waals surface area (Å²) in [5.41, 5.74) is 3.52. The highest BCUT2D eigenvalue weighted by atomic mass is 16.5. The molecule has 1 aliphatic heterocycles. The molecule has 1 aliphatic rings. The van der Waals surface area contributed by atoms with Crippen molar-refractivity contribution in [2.75, 3.05) is 6.61 Å². The van der Waals surface area contributed by atoms with E-state index >= 15 is 0 Å². The first-order valence-corrected chi connectivity index (χ1v) is 10.8. The second kappa shape index (κ2) is 8.37. The molecule has 0 saturated carbocycles. The largest absolute Gasteiger partial charge is 0.465 e. The molecule has 4 aromatic carbocycles. The lowest BCUT2D eigenvalue weighted by molar-refractivity contribution is -0.143. The van der Waals surface area contributed by atoms with Gasteiger partial charge in [-0.25, -0.2) is 0 Å². The first kappa shape index (κ1) is 19.5. The zero-order valence-electron chi connectivity index (χ0n) is 17.5. The average Bonchev–Trinajstić information content (AvgIpc) is 3.55. The number of nitrogens with zero attached hydrogens (tertiary/aromatic N) is 1. The second-order valence-electron chi connectivity index (χ2n) is 7.88. The Kier molecular flexibility index (Phi) is 5.27. The van der Waals surface area contributed by atoms with E-state index in [9.17, 15) is 4.79 Å². The summed E-state index contributed by atoms with van der Waals surface area (Å²) in [5.74, 6) is -0.155. The number of benzene rings is 4. The highest BCUT2D eigenvalue weighted by Gasteiger charge is 2.58. The van der Waals surface area contributed by atoms with Crippen molar-refractivity contribution in [3.8, 4) is 0 Å². The maximum absolute atomic E-state index is 13.0. The first-order chi connectivity index (χ1) is 15.3. The predicted octanol–water partition coefficient (Wildman–Crippen LogP) is 5.92. The molecule has 0 radical (unpaired) electrons. The molecule has 154 valence electrons. The Bertz CT molecular complexity index is 1140. The maximum atomic E-state index is 13.0. The molecule has 0 amide bonds. The van der Waals surface area contributed by atoms with Gasteiger partial charge in [-0.2, -0.15) is 0 Å². The topological polar surface area (TPSA) is 29.3 Å². The van der Waals surface area contributed by atoms with E-state index in [1.54, 1.807) is 0 Å². The standard InChI is InChI=1S/C28H25NO2/c1-2-31-28(30)27-26(24-19-11-17-20-12-9-10-18-23(20)24)29(27)25(21-13-5-3-6-14-21)22-15-7-4-8-16-22/h3-19,25-27H,2H2,1H3/t26-,27-,29?/m0/s1. The van der Waals surface area contributed by atoms with Crippen LogP contribution in [0.2, 0.25) is 0 Å². The van der Waals surface area contributed by atoms with Gasteiger partial charge in [0, 0.05) is 0 Å². The van der Waals surface area contributed by atoms with Gasteiger partial charge in [0.25, 0.3) is 0 Å². The summed E-state index contributed by atoms with van der Waals surface area (Å²) in [6.07, 6.45) is 0. The van der Waals surface area contributed by atoms with Crippen molar-refractivity contribution in [3.05, 3.63) is 120 Å². The third kappa shape index (κ3) is 3.62. The number of ether oxygens (including phenoxy) is 1. The Balaban J connectivity index is 1.64. The number of fused-ring (bicyclic) bond motifs is 1. The molecule has 1 unspecified atom stereocenters. The van der Waals surface area contributed by atoms with Gasteiger partial charge in [-0.3, -0.25) is 9.69 Å². The van der Waals surface area contributed by atoms with Crippen molar-refractivity contribution in [2.45, 2.75) is 25.0 Å². The van der Waals surface area contributed by atoms with Crippen LogP contribution in [0, 0.1) is 0 Å². The lowest BCUT2D eigenvalue weighted by Crippen LogP contribution is -2.20. The Morgan fingerprint density at radius 3 is 2.03 bits per heavy atom. The van der Waals surface area contributed by atoms with E-state index in [-0.39, 0.29) is 24.1 Å². The number of esters is 1. The summed E-state index contributed by atoms with van der Waals surface area (Å²) in [6, 6.07) is 35.2. The molecule has 0 bridgehead atoms. The second-order valence-corrected chi connectivity index (χ2v) is 7.88. The molecule has 3 heteroatoms. The molecule has 3 atom stereocenters. The molecular formula is C28H25NO2. The monoisotopic (exact) mass is 407 g/mol. The average molecular weight is 408 g/mol. The van der Waals surface area contributed by atoms with E-state index < -0.39 is 0 Å². The number of carbonyl (C=O) groups is 1. The highest BCUT2D eigenvalue weighted by molar-refractivity contribution is 5.89. The Morgan fingerprint density at radius 1 is 0.806 bits per heavy atom. The van der Waals surface area contributed by atoms with E-state index in [1.165, 1.54) is 27.5 Å². The lowest BCUT2D eigenvalue weighted by atomic mass is 9.98. The van der Waals surface area contributed by atoms with E-state index in [0.29, 0.717) is 6.61 Å². The van der Waals surface area contributed by atoms with Crippen molar-refractivity contribution in [3.63, 3.8) is 0 Å². The number of hydrogen-bond donors (Lipinski definition) is 0. The van der Waals surface area contributed by atoms with Gasteiger partial charge in [0.15, 0.2) is 0 Å². The van der Waals surface area contributed by atoms with Crippen LogP contribution in [0.3, 0.4) is 0 Å². The van der Waals surface area contributed by atoms with Crippen LogP contribution in [0.25, 0.3) is 10.8 Å². The maximum Gasteiger partial charge on any atom is 0.325 e. The summed E-state index contributed by atoms with van der Waals surface area (Å²) >= 11 is 0. The number of rotatable bonds is 6. The molecule has 0 aromatic heterocycles. The van der Waals surface area contributed by atoms with Crippen molar-refractivity contribution in [1.29, 1.82) is 0 Å². The molecule has 0 N–H and O–H groups in total. The minimum Gasteiger partial charge on any atom is -0.465 e. The summed E-state index contributed by atoms with van der Waals surface area (Å²) < 4.78 is 5.50. The fourth-order valence-electron chi connectivity index (χ4n) is 4.69. The van der Waals surface area contributed by atoms with Gasteiger partial charge >= 0.3 is 5.97 Å². The van der Waals surface area contributed by atoms with Crippen LogP contribution < -0.4 is 0 Å². The van der Waals surface area contributed by atoms with Crippen LogP contribution in [0.15, 0.2) is 103 Å². The number of carbonyl (C=O) groups excluding carboxylic acids is 1. The molecule has 1 heterocycles. The molecular weight excluding hydrogens is 382 g/mol. The molecule has 5 rings (SSSR count). The molecule has 31 heavy (non-hydrogen) atoms. The van der Waals surface area contributed by atoms with Crippen LogP contribution in [0.1, 0.15) is 35.7 Å². The zero-order chi connectivity index (χ0) is 21.2. The van der Waals surface area contributed by atoms with Crippen molar-refractivity contribution >= 4 is 16.7 Å². The number of hydrogen-bond acceptors (Lipinski definition) is 3. The van der Waals surface area contributed by atoms with Gasteiger partial charge in [0.2, 0.25) is 0 Å². The smallest absolute Gasteiger partial charge is 0.325 e. The minimum atomic E-state index is -0.309. The fraction of sp³-hybridized carbons (Fsp3) is 0.179. The predicted molar refractivity (Wildman–Crippen MR) is 124 cm³/mol. The third-order valence-corrected chi connectivity index (χ3v) is 6.05. The fourth-order valence-corrected chi connectivity index (χ4v) is 4.69. The van der Waals surface area contributed by atoms with Gasteiger partial charge in [-0.05, 0) is 34.4 Å². The van der Waals surface area contributed by atoms with Crippen molar-refractivity contribution in [2.24, 2.45) is 0 Å². The molecule has 4 aromatic rings. The first-order valence-electron chi connectivity index (χ1n) is 10.8. The van der Waals surface area contributed by atoms with Gasteiger partial charge in [-0.1, -0.05) is 103 Å². The van der Waals surface area contributed by atoms with E-state index in [4.69, 9.17) is 4.74 Å². The zero-order valence-corrected chi connectivity index (χ0v) is 17.5. The Labute approximate surface area is 182 Å².